The number of nitrogens with one attached hydrogen (secondary N) is 1. The van der Waals surface area contributed by atoms with E-state index in [2.05, 4.69) is 5.32 Å². The Balaban J connectivity index is 1.96. The fraction of sp³-hybridized carbons (Fsp3) is 0.533. The Labute approximate surface area is 122 Å². The van der Waals surface area contributed by atoms with Gasteiger partial charge in [0.1, 0.15) is 0 Å². The first-order valence-electron chi connectivity index (χ1n) is 6.91. The number of carbonyl (C=O) groups excluding carboxylic acids is 1. The Hall–Kier alpha value is -1.20. The van der Waals surface area contributed by atoms with Crippen molar-refractivity contribution in [3.05, 3.63) is 35.9 Å². The van der Waals surface area contributed by atoms with Crippen LogP contribution in [0.1, 0.15) is 30.9 Å². The van der Waals surface area contributed by atoms with Crippen LogP contribution in [-0.2, 0) is 20.3 Å². The first-order valence-corrected chi connectivity index (χ1v) is 8.64. The normalized spacial score (nSPS) is 21.4. The minimum atomic E-state index is -0.962. The maximum absolute atomic E-state index is 12.1. The molecule has 0 saturated carbocycles. The van der Waals surface area contributed by atoms with Gasteiger partial charge in [0.15, 0.2) is 0 Å². The summed E-state index contributed by atoms with van der Waals surface area (Å²) in [5.74, 6) is 0.401. The molecule has 1 heterocycles. The van der Waals surface area contributed by atoms with E-state index in [4.69, 9.17) is 4.74 Å². The summed E-state index contributed by atoms with van der Waals surface area (Å²) < 4.78 is 17.0. The fourth-order valence-corrected chi connectivity index (χ4v) is 3.15. The zero-order valence-electron chi connectivity index (χ0n) is 11.7. The van der Waals surface area contributed by atoms with Crippen molar-refractivity contribution in [2.45, 2.75) is 31.4 Å². The molecule has 1 aromatic rings. The SMILES string of the molecule is CS(=O)CC(NC(=O)CC1CCCO1)c1ccccc1. The Kier molecular flexibility index (Phi) is 5.73. The van der Waals surface area contributed by atoms with Gasteiger partial charge in [-0.3, -0.25) is 9.00 Å². The van der Waals surface area contributed by atoms with Gasteiger partial charge in [-0.25, -0.2) is 0 Å². The molecule has 1 aliphatic rings. The average Bonchev–Trinajstić information content (AvgIpc) is 2.91. The summed E-state index contributed by atoms with van der Waals surface area (Å²) in [5.41, 5.74) is 0.989. The zero-order valence-corrected chi connectivity index (χ0v) is 12.5. The van der Waals surface area contributed by atoms with Crippen molar-refractivity contribution in [3.63, 3.8) is 0 Å². The molecule has 1 aromatic carbocycles. The quantitative estimate of drug-likeness (QED) is 0.870. The van der Waals surface area contributed by atoms with E-state index in [1.165, 1.54) is 0 Å². The van der Waals surface area contributed by atoms with E-state index in [1.807, 2.05) is 30.3 Å². The molecule has 0 radical (unpaired) electrons. The van der Waals surface area contributed by atoms with Crippen molar-refractivity contribution in [2.24, 2.45) is 0 Å². The molecule has 1 amide bonds. The highest BCUT2D eigenvalue weighted by Crippen LogP contribution is 2.17. The van der Waals surface area contributed by atoms with Crippen LogP contribution in [0.3, 0.4) is 0 Å². The van der Waals surface area contributed by atoms with E-state index in [0.717, 1.165) is 25.0 Å². The van der Waals surface area contributed by atoms with E-state index >= 15 is 0 Å². The molecule has 1 fully saturated rings. The van der Waals surface area contributed by atoms with Gasteiger partial charge < -0.3 is 10.1 Å². The highest BCUT2D eigenvalue weighted by molar-refractivity contribution is 7.84. The van der Waals surface area contributed by atoms with Crippen molar-refractivity contribution in [1.82, 2.24) is 5.32 Å². The van der Waals surface area contributed by atoms with E-state index in [1.54, 1.807) is 6.26 Å². The van der Waals surface area contributed by atoms with Crippen LogP contribution < -0.4 is 5.32 Å². The third kappa shape index (κ3) is 4.72. The Morgan fingerprint density at radius 1 is 1.45 bits per heavy atom. The summed E-state index contributed by atoms with van der Waals surface area (Å²) in [5, 5.41) is 2.98. The van der Waals surface area contributed by atoms with Crippen molar-refractivity contribution in [3.8, 4) is 0 Å². The third-order valence-electron chi connectivity index (χ3n) is 3.38. The fourth-order valence-electron chi connectivity index (χ4n) is 2.41. The molecule has 110 valence electrons. The molecule has 0 aromatic heterocycles. The molecule has 1 N–H and O–H groups in total. The van der Waals surface area contributed by atoms with Crippen molar-refractivity contribution in [2.75, 3.05) is 18.6 Å². The number of rotatable bonds is 6. The molecule has 3 unspecified atom stereocenters. The predicted octanol–water partition coefficient (Wildman–Crippen LogP) is 1.79. The van der Waals surface area contributed by atoms with Crippen LogP contribution in [0.25, 0.3) is 0 Å². The monoisotopic (exact) mass is 295 g/mol. The minimum absolute atomic E-state index is 0.0313. The maximum atomic E-state index is 12.1. The molecule has 1 saturated heterocycles. The van der Waals surface area contributed by atoms with Crippen molar-refractivity contribution in [1.29, 1.82) is 0 Å². The summed E-state index contributed by atoms with van der Waals surface area (Å²) in [7, 11) is -0.962. The second-order valence-electron chi connectivity index (χ2n) is 5.11. The highest BCUT2D eigenvalue weighted by atomic mass is 32.2. The molecule has 3 atom stereocenters. The van der Waals surface area contributed by atoms with Crippen LogP contribution in [0.15, 0.2) is 30.3 Å². The van der Waals surface area contributed by atoms with Crippen LogP contribution in [0.2, 0.25) is 0 Å². The number of hydrogen-bond acceptors (Lipinski definition) is 3. The van der Waals surface area contributed by atoms with Gasteiger partial charge in [0.05, 0.1) is 18.6 Å². The van der Waals surface area contributed by atoms with E-state index in [-0.39, 0.29) is 18.1 Å². The molecule has 0 spiro atoms. The number of amides is 1. The van der Waals surface area contributed by atoms with Gasteiger partial charge in [-0.2, -0.15) is 0 Å². The summed E-state index contributed by atoms with van der Waals surface area (Å²) in [6.07, 6.45) is 4.06. The molecule has 0 aliphatic carbocycles. The second kappa shape index (κ2) is 7.55. The Morgan fingerprint density at radius 2 is 2.20 bits per heavy atom. The van der Waals surface area contributed by atoms with Gasteiger partial charge >= 0.3 is 0 Å². The van der Waals surface area contributed by atoms with Gasteiger partial charge in [0.2, 0.25) is 5.91 Å². The standard InChI is InChI=1S/C15H21NO3S/c1-20(18)11-14(12-6-3-2-4-7-12)16-15(17)10-13-8-5-9-19-13/h2-4,6-7,13-14H,5,8-11H2,1H3,(H,16,17). The number of ether oxygens (including phenoxy) is 1. The first-order chi connectivity index (χ1) is 9.65. The third-order valence-corrected chi connectivity index (χ3v) is 4.18. The first kappa shape index (κ1) is 15.2. The highest BCUT2D eigenvalue weighted by Gasteiger charge is 2.22. The molecule has 2 rings (SSSR count). The van der Waals surface area contributed by atoms with E-state index in [0.29, 0.717) is 12.2 Å². The number of benzene rings is 1. The van der Waals surface area contributed by atoms with Gasteiger partial charge in [0, 0.05) is 29.4 Å². The van der Waals surface area contributed by atoms with Gasteiger partial charge in [-0.1, -0.05) is 30.3 Å². The second-order valence-corrected chi connectivity index (χ2v) is 6.59. The lowest BCUT2D eigenvalue weighted by Crippen LogP contribution is -2.33. The largest absolute Gasteiger partial charge is 0.378 e. The predicted molar refractivity (Wildman–Crippen MR) is 79.9 cm³/mol. The van der Waals surface area contributed by atoms with Gasteiger partial charge in [-0.15, -0.1) is 0 Å². The number of carbonyl (C=O) groups is 1. The molecule has 20 heavy (non-hydrogen) atoms. The topological polar surface area (TPSA) is 55.4 Å². The van der Waals surface area contributed by atoms with E-state index in [9.17, 15) is 9.00 Å². The Bertz CT molecular complexity index is 457. The lowest BCUT2D eigenvalue weighted by atomic mass is 10.1. The van der Waals surface area contributed by atoms with Crippen molar-refractivity contribution >= 4 is 16.7 Å². The molecule has 1 aliphatic heterocycles. The number of hydrogen-bond donors (Lipinski definition) is 1. The van der Waals surface area contributed by atoms with Crippen LogP contribution in [0.5, 0.6) is 0 Å². The maximum Gasteiger partial charge on any atom is 0.223 e. The molecular formula is C15H21NO3S. The summed E-state index contributed by atoms with van der Waals surface area (Å²) in [4.78, 5) is 12.1. The van der Waals surface area contributed by atoms with Crippen LogP contribution >= 0.6 is 0 Å². The van der Waals surface area contributed by atoms with Crippen molar-refractivity contribution < 1.29 is 13.7 Å². The molecular weight excluding hydrogens is 274 g/mol. The molecule has 5 heteroatoms. The van der Waals surface area contributed by atoms with E-state index < -0.39 is 10.8 Å². The minimum Gasteiger partial charge on any atom is -0.378 e. The molecule has 0 bridgehead atoms. The smallest absolute Gasteiger partial charge is 0.223 e. The Morgan fingerprint density at radius 3 is 2.80 bits per heavy atom. The summed E-state index contributed by atoms with van der Waals surface area (Å²) in [6.45, 7) is 0.749. The summed E-state index contributed by atoms with van der Waals surface area (Å²) in [6, 6.07) is 9.47. The lowest BCUT2D eigenvalue weighted by molar-refractivity contribution is -0.123. The average molecular weight is 295 g/mol. The van der Waals surface area contributed by atoms with Gasteiger partial charge in [0.25, 0.3) is 0 Å². The zero-order chi connectivity index (χ0) is 14.4. The van der Waals surface area contributed by atoms with Crippen LogP contribution in [0, 0.1) is 0 Å². The summed E-state index contributed by atoms with van der Waals surface area (Å²) >= 11 is 0. The van der Waals surface area contributed by atoms with Crippen LogP contribution in [0.4, 0.5) is 0 Å². The lowest BCUT2D eigenvalue weighted by Gasteiger charge is -2.19. The van der Waals surface area contributed by atoms with Gasteiger partial charge in [-0.05, 0) is 18.4 Å². The van der Waals surface area contributed by atoms with Crippen LogP contribution in [-0.4, -0.2) is 34.8 Å². The molecule has 4 nitrogen and oxygen atoms in total.